The van der Waals surface area contributed by atoms with Gasteiger partial charge < -0.3 is 4.57 Å². The smallest absolute Gasteiger partial charge is 0.320 e. The minimum Gasteiger partial charge on any atom is -0.320 e. The van der Waals surface area contributed by atoms with E-state index in [0.29, 0.717) is 18.4 Å². The summed E-state index contributed by atoms with van der Waals surface area (Å²) in [6.07, 6.45) is -3.84. The Kier molecular flexibility index (Phi) is 5.31. The van der Waals surface area contributed by atoms with Gasteiger partial charge in [-0.2, -0.15) is 17.5 Å². The summed E-state index contributed by atoms with van der Waals surface area (Å²) >= 11 is 0. The fraction of sp³-hybridized carbons (Fsp3) is 0.350. The molecule has 3 aromatic rings. The second-order valence-corrected chi connectivity index (χ2v) is 9.22. The summed E-state index contributed by atoms with van der Waals surface area (Å²) in [6, 6.07) is 11.6. The summed E-state index contributed by atoms with van der Waals surface area (Å²) in [5.41, 5.74) is 0.663. The number of sulfonamides is 1. The molecular formula is C20H19F4N3O2S. The number of fused-ring (bicyclic) bond motifs is 1. The Morgan fingerprint density at radius 1 is 1.00 bits per heavy atom. The van der Waals surface area contributed by atoms with Crippen LogP contribution in [0.2, 0.25) is 0 Å². The highest BCUT2D eigenvalue weighted by atomic mass is 32.2. The molecule has 30 heavy (non-hydrogen) atoms. The first-order valence-electron chi connectivity index (χ1n) is 9.45. The standard InChI is InChI=1S/C20H19F4N3O2S/c21-15-5-1-4-8-18(15)30(28,29)26-11-9-14(10-12-26)13-27-17-7-3-2-6-16(17)25-19(27)20(22,23)24/h1-8,14H,9-13H2. The van der Waals surface area contributed by atoms with Gasteiger partial charge in [-0.3, -0.25) is 0 Å². The summed E-state index contributed by atoms with van der Waals surface area (Å²) in [7, 11) is -3.99. The van der Waals surface area contributed by atoms with Crippen LogP contribution < -0.4 is 0 Å². The number of alkyl halides is 3. The first kappa shape index (κ1) is 20.8. The van der Waals surface area contributed by atoms with Crippen LogP contribution in [0.1, 0.15) is 18.7 Å². The summed E-state index contributed by atoms with van der Waals surface area (Å²) in [6.45, 7) is 0.327. The van der Waals surface area contributed by atoms with E-state index in [2.05, 4.69) is 4.98 Å². The summed E-state index contributed by atoms with van der Waals surface area (Å²) in [4.78, 5) is 3.36. The van der Waals surface area contributed by atoms with Crippen molar-refractivity contribution in [3.63, 3.8) is 0 Å². The van der Waals surface area contributed by atoms with Gasteiger partial charge in [0.25, 0.3) is 0 Å². The predicted octanol–water partition coefficient (Wildman–Crippen LogP) is 4.30. The number of halogens is 4. The third-order valence-corrected chi connectivity index (χ3v) is 7.31. The van der Waals surface area contributed by atoms with Crippen molar-refractivity contribution in [2.75, 3.05) is 13.1 Å². The lowest BCUT2D eigenvalue weighted by molar-refractivity contribution is -0.147. The second kappa shape index (κ2) is 7.66. The van der Waals surface area contributed by atoms with Gasteiger partial charge in [-0.25, -0.2) is 17.8 Å². The molecule has 0 unspecified atom stereocenters. The third-order valence-electron chi connectivity index (χ3n) is 5.38. The molecule has 1 aliphatic rings. The van der Waals surface area contributed by atoms with E-state index in [0.717, 1.165) is 6.07 Å². The van der Waals surface area contributed by atoms with Crippen molar-refractivity contribution in [2.45, 2.75) is 30.5 Å². The molecule has 10 heteroatoms. The number of hydrogen-bond donors (Lipinski definition) is 0. The summed E-state index contributed by atoms with van der Waals surface area (Å²) in [5.74, 6) is -1.93. The van der Waals surface area contributed by atoms with Crippen LogP contribution in [-0.4, -0.2) is 35.4 Å². The van der Waals surface area contributed by atoms with Crippen LogP contribution in [0.25, 0.3) is 11.0 Å². The van der Waals surface area contributed by atoms with E-state index in [1.807, 2.05) is 0 Å². The summed E-state index contributed by atoms with van der Waals surface area (Å²) in [5, 5.41) is 0. The van der Waals surface area contributed by atoms with Crippen LogP contribution in [0.15, 0.2) is 53.4 Å². The number of hydrogen-bond acceptors (Lipinski definition) is 3. The Morgan fingerprint density at radius 3 is 2.30 bits per heavy atom. The Bertz CT molecular complexity index is 1170. The molecule has 4 rings (SSSR count). The average molecular weight is 441 g/mol. The van der Waals surface area contributed by atoms with Crippen molar-refractivity contribution in [1.29, 1.82) is 0 Å². The van der Waals surface area contributed by atoms with Crippen LogP contribution in [0.3, 0.4) is 0 Å². The molecule has 1 aromatic heterocycles. The van der Waals surface area contributed by atoms with Crippen LogP contribution in [0.5, 0.6) is 0 Å². The van der Waals surface area contributed by atoms with E-state index in [9.17, 15) is 26.0 Å². The van der Waals surface area contributed by atoms with Gasteiger partial charge in [0.2, 0.25) is 15.8 Å². The van der Waals surface area contributed by atoms with E-state index in [1.165, 1.54) is 33.1 Å². The lowest BCUT2D eigenvalue weighted by Gasteiger charge is -2.31. The first-order valence-corrected chi connectivity index (χ1v) is 10.9. The van der Waals surface area contributed by atoms with Crippen LogP contribution in [-0.2, 0) is 22.7 Å². The van der Waals surface area contributed by atoms with Crippen molar-refractivity contribution < 1.29 is 26.0 Å². The van der Waals surface area contributed by atoms with Gasteiger partial charge >= 0.3 is 6.18 Å². The zero-order chi connectivity index (χ0) is 21.5. The zero-order valence-electron chi connectivity index (χ0n) is 15.8. The Labute approximate surface area is 171 Å². The van der Waals surface area contributed by atoms with Gasteiger partial charge in [0, 0.05) is 19.6 Å². The molecule has 0 amide bonds. The largest absolute Gasteiger partial charge is 0.449 e. The monoisotopic (exact) mass is 441 g/mol. The van der Waals surface area contributed by atoms with Gasteiger partial charge in [-0.15, -0.1) is 0 Å². The fourth-order valence-electron chi connectivity index (χ4n) is 3.86. The molecule has 0 spiro atoms. The Balaban J connectivity index is 1.53. The lowest BCUT2D eigenvalue weighted by Crippen LogP contribution is -2.39. The highest BCUT2D eigenvalue weighted by Crippen LogP contribution is 2.33. The Hall–Kier alpha value is -2.46. The number of nitrogens with zero attached hydrogens (tertiary/aromatic N) is 3. The van der Waals surface area contributed by atoms with E-state index in [-0.39, 0.29) is 36.0 Å². The fourth-order valence-corrected chi connectivity index (χ4v) is 5.39. The topological polar surface area (TPSA) is 55.2 Å². The lowest BCUT2D eigenvalue weighted by atomic mass is 9.98. The Morgan fingerprint density at radius 2 is 1.63 bits per heavy atom. The predicted molar refractivity (Wildman–Crippen MR) is 103 cm³/mol. The molecule has 0 N–H and O–H groups in total. The first-order chi connectivity index (χ1) is 14.2. The molecule has 0 bridgehead atoms. The average Bonchev–Trinajstić information content (AvgIpc) is 3.08. The van der Waals surface area contributed by atoms with Crippen LogP contribution in [0, 0.1) is 11.7 Å². The van der Waals surface area contributed by atoms with Crippen molar-refractivity contribution in [2.24, 2.45) is 5.92 Å². The normalized spacial score (nSPS) is 16.9. The molecule has 1 aliphatic heterocycles. The molecule has 0 atom stereocenters. The van der Waals surface area contributed by atoms with E-state index in [4.69, 9.17) is 0 Å². The van der Waals surface area contributed by atoms with Crippen molar-refractivity contribution >= 4 is 21.1 Å². The van der Waals surface area contributed by atoms with E-state index < -0.39 is 27.8 Å². The van der Waals surface area contributed by atoms with E-state index in [1.54, 1.807) is 18.2 Å². The molecule has 1 fully saturated rings. The molecule has 1 saturated heterocycles. The minimum absolute atomic E-state index is 0.0863. The van der Waals surface area contributed by atoms with Gasteiger partial charge in [0.1, 0.15) is 10.7 Å². The second-order valence-electron chi connectivity index (χ2n) is 7.31. The maximum absolute atomic E-state index is 14.0. The van der Waals surface area contributed by atoms with Crippen LogP contribution >= 0.6 is 0 Å². The maximum Gasteiger partial charge on any atom is 0.449 e. The number of piperidine rings is 1. The highest BCUT2D eigenvalue weighted by Gasteiger charge is 2.38. The van der Waals surface area contributed by atoms with Crippen molar-refractivity contribution in [3.8, 4) is 0 Å². The quantitative estimate of drug-likeness (QED) is 0.568. The van der Waals surface area contributed by atoms with Gasteiger partial charge in [-0.1, -0.05) is 24.3 Å². The summed E-state index contributed by atoms with van der Waals surface area (Å²) < 4.78 is 82.2. The number of benzene rings is 2. The molecule has 160 valence electrons. The number of aromatic nitrogens is 2. The van der Waals surface area contributed by atoms with Crippen LogP contribution in [0.4, 0.5) is 17.6 Å². The molecular weight excluding hydrogens is 422 g/mol. The molecule has 0 radical (unpaired) electrons. The third kappa shape index (κ3) is 3.81. The molecule has 0 aliphatic carbocycles. The van der Waals surface area contributed by atoms with Gasteiger partial charge in [0.15, 0.2) is 0 Å². The highest BCUT2D eigenvalue weighted by molar-refractivity contribution is 7.89. The number of imidazole rings is 1. The number of rotatable bonds is 4. The van der Waals surface area contributed by atoms with Gasteiger partial charge in [0.05, 0.1) is 11.0 Å². The SMILES string of the molecule is O=S(=O)(c1ccccc1F)N1CCC(Cn2c(C(F)(F)F)nc3ccccc32)CC1. The van der Waals surface area contributed by atoms with Crippen molar-refractivity contribution in [1.82, 2.24) is 13.9 Å². The van der Waals surface area contributed by atoms with Gasteiger partial charge in [-0.05, 0) is 43.0 Å². The molecule has 2 heterocycles. The number of para-hydroxylation sites is 2. The minimum atomic E-state index is -4.59. The molecule has 2 aromatic carbocycles. The van der Waals surface area contributed by atoms with E-state index >= 15 is 0 Å². The maximum atomic E-state index is 14.0. The van der Waals surface area contributed by atoms with Crippen molar-refractivity contribution in [3.05, 3.63) is 60.2 Å². The zero-order valence-corrected chi connectivity index (χ0v) is 16.6. The molecule has 0 saturated carbocycles. The molecule has 5 nitrogen and oxygen atoms in total.